The van der Waals surface area contributed by atoms with Gasteiger partial charge >= 0.3 is 0 Å². The summed E-state index contributed by atoms with van der Waals surface area (Å²) in [5, 5.41) is 6.75. The molecule has 0 saturated carbocycles. The van der Waals surface area contributed by atoms with E-state index in [1.807, 2.05) is 41.1 Å². The number of carbonyl (C=O) groups excluding carboxylic acids is 1. The number of benzene rings is 1. The van der Waals surface area contributed by atoms with Crippen LogP contribution < -0.4 is 5.32 Å². The number of rotatable bonds is 8. The molecule has 0 bridgehead atoms. The van der Waals surface area contributed by atoms with Gasteiger partial charge in [-0.1, -0.05) is 12.1 Å². The van der Waals surface area contributed by atoms with E-state index >= 15 is 0 Å². The number of ether oxygens (including phenoxy) is 1. The van der Waals surface area contributed by atoms with Gasteiger partial charge in [-0.15, -0.1) is 0 Å². The minimum Gasteiger partial charge on any atom is -0.384 e. The first kappa shape index (κ1) is 17.6. The van der Waals surface area contributed by atoms with Crippen LogP contribution in [0.2, 0.25) is 0 Å². The zero-order chi connectivity index (χ0) is 16.5. The number of anilines is 1. The van der Waals surface area contributed by atoms with Gasteiger partial charge in [-0.3, -0.25) is 9.00 Å². The van der Waals surface area contributed by atoms with Crippen molar-refractivity contribution in [2.45, 2.75) is 5.75 Å². The van der Waals surface area contributed by atoms with Gasteiger partial charge in [-0.2, -0.15) is 11.3 Å². The molecule has 1 aromatic heterocycles. The molecular weight excluding hydrogens is 330 g/mol. The van der Waals surface area contributed by atoms with Crippen molar-refractivity contribution in [3.8, 4) is 0 Å². The maximum Gasteiger partial charge on any atom is 0.248 e. The monoisotopic (exact) mass is 349 g/mol. The van der Waals surface area contributed by atoms with E-state index in [0.717, 1.165) is 11.1 Å². The lowest BCUT2D eigenvalue weighted by Crippen LogP contribution is -2.09. The Bertz CT molecular complexity index is 681. The van der Waals surface area contributed by atoms with Gasteiger partial charge in [0.05, 0.1) is 6.61 Å². The van der Waals surface area contributed by atoms with Gasteiger partial charge in [0.25, 0.3) is 0 Å². The largest absolute Gasteiger partial charge is 0.384 e. The first-order valence-corrected chi connectivity index (χ1v) is 9.54. The topological polar surface area (TPSA) is 55.4 Å². The highest BCUT2D eigenvalue weighted by Crippen LogP contribution is 2.13. The van der Waals surface area contributed by atoms with Crippen molar-refractivity contribution in [2.75, 3.05) is 24.8 Å². The van der Waals surface area contributed by atoms with Crippen LogP contribution in [0.5, 0.6) is 0 Å². The minimum atomic E-state index is -0.966. The normalized spacial score (nSPS) is 12.4. The van der Waals surface area contributed by atoms with E-state index in [0.29, 0.717) is 23.8 Å². The standard InChI is InChI=1S/C17H19NO3S2/c1-21-8-10-23(20)13-15-3-2-4-16(11-15)18-17(19)6-5-14-7-9-22-12-14/h2-7,9,11-12H,8,10,13H2,1H3,(H,18,19)/b6-5-/t23-/m0/s1. The van der Waals surface area contributed by atoms with Crippen molar-refractivity contribution in [3.63, 3.8) is 0 Å². The maximum absolute atomic E-state index is 11.9. The molecule has 0 saturated heterocycles. The number of thiophene rings is 1. The number of hydrogen-bond acceptors (Lipinski definition) is 4. The van der Waals surface area contributed by atoms with Crippen molar-refractivity contribution in [2.24, 2.45) is 0 Å². The van der Waals surface area contributed by atoms with Crippen LogP contribution in [0.1, 0.15) is 11.1 Å². The number of methoxy groups -OCH3 is 1. The Morgan fingerprint density at radius 3 is 3.00 bits per heavy atom. The van der Waals surface area contributed by atoms with Gasteiger partial charge in [0.1, 0.15) is 0 Å². The summed E-state index contributed by atoms with van der Waals surface area (Å²) in [7, 11) is 0.628. The van der Waals surface area contributed by atoms with Gasteiger partial charge in [0.15, 0.2) is 0 Å². The molecule has 0 fully saturated rings. The van der Waals surface area contributed by atoms with Crippen LogP contribution in [0.4, 0.5) is 5.69 Å². The summed E-state index contributed by atoms with van der Waals surface area (Å²) in [5.74, 6) is 0.780. The van der Waals surface area contributed by atoms with E-state index in [9.17, 15) is 9.00 Å². The SMILES string of the molecule is COCC[S@](=O)Cc1cccc(NC(=O)/C=C\c2ccsc2)c1. The predicted octanol–water partition coefficient (Wildman–Crippen LogP) is 3.30. The van der Waals surface area contributed by atoms with Crippen LogP contribution in [0.3, 0.4) is 0 Å². The fourth-order valence-electron chi connectivity index (χ4n) is 1.90. The molecule has 0 aliphatic rings. The Labute approximate surface area is 142 Å². The third-order valence-electron chi connectivity index (χ3n) is 3.01. The van der Waals surface area contributed by atoms with E-state index in [1.165, 1.54) is 6.08 Å². The van der Waals surface area contributed by atoms with Crippen molar-refractivity contribution in [1.82, 2.24) is 0 Å². The summed E-state index contributed by atoms with van der Waals surface area (Å²) in [6, 6.07) is 9.37. The molecule has 2 aromatic rings. The Kier molecular flexibility index (Phi) is 7.19. The van der Waals surface area contributed by atoms with Gasteiger partial charge in [0.2, 0.25) is 5.91 Å². The van der Waals surface area contributed by atoms with Crippen molar-refractivity contribution in [1.29, 1.82) is 0 Å². The molecule has 2 rings (SSSR count). The van der Waals surface area contributed by atoms with Gasteiger partial charge in [-0.05, 0) is 46.2 Å². The highest BCUT2D eigenvalue weighted by Gasteiger charge is 2.04. The Morgan fingerprint density at radius 2 is 2.26 bits per heavy atom. The fraction of sp³-hybridized carbons (Fsp3) is 0.235. The molecule has 0 unspecified atom stereocenters. The summed E-state index contributed by atoms with van der Waals surface area (Å²) in [5.41, 5.74) is 2.64. The van der Waals surface area contributed by atoms with Crippen LogP contribution in [-0.2, 0) is 26.1 Å². The molecule has 1 atom stereocenters. The second kappa shape index (κ2) is 9.39. The van der Waals surface area contributed by atoms with Crippen molar-refractivity contribution >= 4 is 39.8 Å². The number of nitrogens with one attached hydrogen (secondary N) is 1. The van der Waals surface area contributed by atoms with Gasteiger partial charge in [0, 0.05) is 41.2 Å². The second-order valence-corrected chi connectivity index (χ2v) is 7.22. The average molecular weight is 349 g/mol. The molecule has 0 aliphatic heterocycles. The van der Waals surface area contributed by atoms with Crippen molar-refractivity contribution < 1.29 is 13.7 Å². The lowest BCUT2D eigenvalue weighted by molar-refractivity contribution is -0.111. The summed E-state index contributed by atoms with van der Waals surface area (Å²) in [4.78, 5) is 11.9. The number of amides is 1. The van der Waals surface area contributed by atoms with Crippen LogP contribution >= 0.6 is 11.3 Å². The third kappa shape index (κ3) is 6.48. The van der Waals surface area contributed by atoms with E-state index in [4.69, 9.17) is 4.74 Å². The lowest BCUT2D eigenvalue weighted by Gasteiger charge is -2.06. The van der Waals surface area contributed by atoms with E-state index in [1.54, 1.807) is 24.5 Å². The predicted molar refractivity (Wildman–Crippen MR) is 97.0 cm³/mol. The maximum atomic E-state index is 11.9. The molecule has 1 aromatic carbocycles. The Hall–Kier alpha value is -1.76. The van der Waals surface area contributed by atoms with Gasteiger partial charge < -0.3 is 10.1 Å². The summed E-state index contributed by atoms with van der Waals surface area (Å²) < 4.78 is 16.8. The number of hydrogen-bond donors (Lipinski definition) is 1. The van der Waals surface area contributed by atoms with Crippen LogP contribution in [0, 0.1) is 0 Å². The molecule has 1 N–H and O–H groups in total. The molecule has 4 nitrogen and oxygen atoms in total. The first-order valence-electron chi connectivity index (χ1n) is 7.11. The van der Waals surface area contributed by atoms with E-state index in [2.05, 4.69) is 5.32 Å². The molecule has 23 heavy (non-hydrogen) atoms. The molecule has 122 valence electrons. The first-order chi connectivity index (χ1) is 11.2. The summed E-state index contributed by atoms with van der Waals surface area (Å²) in [6.07, 6.45) is 3.28. The van der Waals surface area contributed by atoms with E-state index in [-0.39, 0.29) is 5.91 Å². The lowest BCUT2D eigenvalue weighted by atomic mass is 10.2. The quantitative estimate of drug-likeness (QED) is 0.744. The molecule has 0 spiro atoms. The third-order valence-corrected chi connectivity index (χ3v) is 4.99. The highest BCUT2D eigenvalue weighted by atomic mass is 32.2. The van der Waals surface area contributed by atoms with E-state index < -0.39 is 10.8 Å². The molecule has 0 aliphatic carbocycles. The number of carbonyl (C=O) groups is 1. The molecule has 1 heterocycles. The smallest absolute Gasteiger partial charge is 0.248 e. The average Bonchev–Trinajstić information content (AvgIpc) is 3.05. The molecule has 1 amide bonds. The molecular formula is C17H19NO3S2. The Balaban J connectivity index is 1.91. The zero-order valence-corrected chi connectivity index (χ0v) is 14.5. The minimum absolute atomic E-state index is 0.186. The summed E-state index contributed by atoms with van der Waals surface area (Å²) >= 11 is 1.59. The zero-order valence-electron chi connectivity index (χ0n) is 12.9. The van der Waals surface area contributed by atoms with Crippen LogP contribution in [0.25, 0.3) is 6.08 Å². The molecule has 0 radical (unpaired) electrons. The second-order valence-electron chi connectivity index (χ2n) is 4.86. The molecule has 6 heteroatoms. The summed E-state index contributed by atoms with van der Waals surface area (Å²) in [6.45, 7) is 0.483. The van der Waals surface area contributed by atoms with Gasteiger partial charge in [-0.25, -0.2) is 0 Å². The van der Waals surface area contributed by atoms with Crippen molar-refractivity contribution in [3.05, 3.63) is 58.3 Å². The fourth-order valence-corrected chi connectivity index (χ4v) is 3.58. The van der Waals surface area contributed by atoms with Crippen LogP contribution in [-0.4, -0.2) is 29.6 Å². The highest BCUT2D eigenvalue weighted by molar-refractivity contribution is 7.84. The Morgan fingerprint density at radius 1 is 1.39 bits per heavy atom. The van der Waals surface area contributed by atoms with Crippen LogP contribution in [0.15, 0.2) is 47.2 Å².